The highest BCUT2D eigenvalue weighted by Crippen LogP contribution is 2.32. The molecule has 0 spiro atoms. The fourth-order valence-electron chi connectivity index (χ4n) is 2.65. The van der Waals surface area contributed by atoms with Gasteiger partial charge >= 0.3 is 0 Å². The summed E-state index contributed by atoms with van der Waals surface area (Å²) in [4.78, 5) is 2.49. The third-order valence-corrected chi connectivity index (χ3v) is 3.45. The summed E-state index contributed by atoms with van der Waals surface area (Å²) >= 11 is 0. The molecular formula is C14H29NO. The minimum absolute atomic E-state index is 0.223. The average Bonchev–Trinajstić information content (AvgIpc) is 2.13. The fourth-order valence-corrected chi connectivity index (χ4v) is 2.65. The smallest absolute Gasteiger partial charge is 0.0781 e. The lowest BCUT2D eigenvalue weighted by Crippen LogP contribution is -2.51. The summed E-state index contributed by atoms with van der Waals surface area (Å²) in [7, 11) is 2.24. The molecule has 0 radical (unpaired) electrons. The second kappa shape index (κ2) is 5.50. The van der Waals surface area contributed by atoms with Gasteiger partial charge < -0.3 is 9.64 Å². The van der Waals surface area contributed by atoms with E-state index < -0.39 is 0 Å². The first-order valence-corrected chi connectivity index (χ1v) is 6.68. The molecule has 2 atom stereocenters. The number of ether oxygens (including phenoxy) is 1. The zero-order valence-electron chi connectivity index (χ0n) is 11.9. The van der Waals surface area contributed by atoms with Crippen LogP contribution in [0.5, 0.6) is 0 Å². The normalized spacial score (nSPS) is 26.1. The number of rotatable bonds is 3. The number of hydrogen-bond acceptors (Lipinski definition) is 2. The van der Waals surface area contributed by atoms with Crippen molar-refractivity contribution in [1.82, 2.24) is 4.90 Å². The Bertz CT molecular complexity index is 207. The maximum absolute atomic E-state index is 6.18. The van der Waals surface area contributed by atoms with E-state index in [-0.39, 0.29) is 5.41 Å². The third-order valence-electron chi connectivity index (χ3n) is 3.45. The zero-order chi connectivity index (χ0) is 12.3. The molecular weight excluding hydrogens is 198 g/mol. The van der Waals surface area contributed by atoms with Gasteiger partial charge in [0.2, 0.25) is 0 Å². The van der Waals surface area contributed by atoms with Crippen molar-refractivity contribution in [2.75, 3.05) is 13.6 Å². The molecule has 2 nitrogen and oxygen atoms in total. The van der Waals surface area contributed by atoms with Crippen molar-refractivity contribution in [3.8, 4) is 0 Å². The van der Waals surface area contributed by atoms with Gasteiger partial charge in [-0.25, -0.2) is 0 Å². The van der Waals surface area contributed by atoms with E-state index in [1.807, 2.05) is 0 Å². The van der Waals surface area contributed by atoms with Gasteiger partial charge in [-0.1, -0.05) is 27.2 Å². The maximum Gasteiger partial charge on any atom is 0.0781 e. The zero-order valence-corrected chi connectivity index (χ0v) is 11.9. The molecule has 0 aromatic carbocycles. The van der Waals surface area contributed by atoms with Crippen LogP contribution in [0.15, 0.2) is 0 Å². The highest BCUT2D eigenvalue weighted by Gasteiger charge is 2.36. The molecule has 1 rings (SSSR count). The van der Waals surface area contributed by atoms with Crippen molar-refractivity contribution in [3.63, 3.8) is 0 Å². The van der Waals surface area contributed by atoms with E-state index >= 15 is 0 Å². The first-order chi connectivity index (χ1) is 7.32. The van der Waals surface area contributed by atoms with Crippen molar-refractivity contribution in [3.05, 3.63) is 0 Å². The summed E-state index contributed by atoms with van der Waals surface area (Å²) in [6.45, 7) is 12.4. The van der Waals surface area contributed by atoms with Gasteiger partial charge in [0.15, 0.2) is 0 Å². The lowest BCUT2D eigenvalue weighted by atomic mass is 9.81. The van der Waals surface area contributed by atoms with Gasteiger partial charge in [-0.15, -0.1) is 0 Å². The molecule has 0 aliphatic carbocycles. The van der Waals surface area contributed by atoms with Crippen LogP contribution in [0.2, 0.25) is 0 Å². The van der Waals surface area contributed by atoms with E-state index in [9.17, 15) is 0 Å². The summed E-state index contributed by atoms with van der Waals surface area (Å²) < 4.78 is 6.18. The van der Waals surface area contributed by atoms with E-state index in [1.54, 1.807) is 0 Å². The predicted octanol–water partition coefficient (Wildman–Crippen LogP) is 3.31. The summed E-state index contributed by atoms with van der Waals surface area (Å²) in [5, 5.41) is 0. The monoisotopic (exact) mass is 227 g/mol. The van der Waals surface area contributed by atoms with Gasteiger partial charge in [0, 0.05) is 6.04 Å². The van der Waals surface area contributed by atoms with Crippen LogP contribution in [0.25, 0.3) is 0 Å². The molecule has 1 aliphatic rings. The van der Waals surface area contributed by atoms with Crippen molar-refractivity contribution in [2.24, 2.45) is 5.41 Å². The second-order valence-electron chi connectivity index (χ2n) is 6.52. The molecule has 0 unspecified atom stereocenters. The van der Waals surface area contributed by atoms with Gasteiger partial charge in [-0.3, -0.25) is 0 Å². The van der Waals surface area contributed by atoms with Gasteiger partial charge in [-0.05, 0) is 45.7 Å². The first kappa shape index (κ1) is 14.0. The van der Waals surface area contributed by atoms with Crippen LogP contribution < -0.4 is 0 Å². The molecule has 16 heavy (non-hydrogen) atoms. The Morgan fingerprint density at radius 2 is 1.81 bits per heavy atom. The van der Waals surface area contributed by atoms with Gasteiger partial charge in [0.1, 0.15) is 0 Å². The van der Waals surface area contributed by atoms with Crippen LogP contribution in [0.4, 0.5) is 0 Å². The Labute approximate surface area is 101 Å². The minimum Gasteiger partial charge on any atom is -0.373 e. The number of piperidine rings is 1. The first-order valence-electron chi connectivity index (χ1n) is 6.68. The third kappa shape index (κ3) is 3.74. The molecule has 1 fully saturated rings. The Kier molecular flexibility index (Phi) is 4.81. The number of likely N-dealkylation sites (tertiary alicyclic amines) is 1. The molecule has 1 heterocycles. The number of likely N-dealkylation sites (N-methyl/N-ethyl adjacent to an activating group) is 1. The van der Waals surface area contributed by atoms with Crippen molar-refractivity contribution in [2.45, 2.75) is 72.1 Å². The quantitative estimate of drug-likeness (QED) is 0.733. The van der Waals surface area contributed by atoms with Crippen LogP contribution in [0.1, 0.15) is 53.9 Å². The Hall–Kier alpha value is -0.0800. The molecule has 0 saturated carbocycles. The lowest BCUT2D eigenvalue weighted by Gasteiger charge is -2.44. The molecule has 2 heteroatoms. The van der Waals surface area contributed by atoms with Gasteiger partial charge in [-0.2, -0.15) is 0 Å². The Morgan fingerprint density at radius 1 is 1.19 bits per heavy atom. The van der Waals surface area contributed by atoms with E-state index in [2.05, 4.69) is 46.6 Å². The molecule has 0 aromatic rings. The summed E-state index contributed by atoms with van der Waals surface area (Å²) in [5.41, 5.74) is 0.223. The fraction of sp³-hybridized carbons (Fsp3) is 1.00. The van der Waals surface area contributed by atoms with Crippen LogP contribution in [0, 0.1) is 5.41 Å². The average molecular weight is 227 g/mol. The van der Waals surface area contributed by atoms with E-state index in [0.29, 0.717) is 18.2 Å². The molecule has 0 amide bonds. The Balaban J connectivity index is 2.74. The largest absolute Gasteiger partial charge is 0.373 e. The summed E-state index contributed by atoms with van der Waals surface area (Å²) in [5.74, 6) is 0. The number of nitrogens with zero attached hydrogens (tertiary/aromatic N) is 1. The van der Waals surface area contributed by atoms with Crippen LogP contribution in [-0.2, 0) is 4.74 Å². The van der Waals surface area contributed by atoms with Crippen molar-refractivity contribution in [1.29, 1.82) is 0 Å². The van der Waals surface area contributed by atoms with Gasteiger partial charge in [0.05, 0.1) is 12.2 Å². The highest BCUT2D eigenvalue weighted by atomic mass is 16.5. The lowest BCUT2D eigenvalue weighted by molar-refractivity contribution is -0.101. The minimum atomic E-state index is 0.223. The topological polar surface area (TPSA) is 12.5 Å². The predicted molar refractivity (Wildman–Crippen MR) is 69.7 cm³/mol. The van der Waals surface area contributed by atoms with Gasteiger partial charge in [0.25, 0.3) is 0 Å². The second-order valence-corrected chi connectivity index (χ2v) is 6.52. The van der Waals surface area contributed by atoms with E-state index in [0.717, 1.165) is 0 Å². The summed E-state index contributed by atoms with van der Waals surface area (Å²) in [6.07, 6.45) is 4.64. The molecule has 0 N–H and O–H groups in total. The van der Waals surface area contributed by atoms with Crippen molar-refractivity contribution < 1.29 is 4.74 Å². The van der Waals surface area contributed by atoms with Crippen LogP contribution in [0.3, 0.4) is 0 Å². The van der Waals surface area contributed by atoms with Crippen LogP contribution >= 0.6 is 0 Å². The van der Waals surface area contributed by atoms with Crippen LogP contribution in [-0.4, -0.2) is 36.7 Å². The standard InChI is InChI=1S/C14H29NO/c1-11(2)16-13(14(3,4)5)12-9-7-8-10-15(12)6/h11-13H,7-10H2,1-6H3/t12-,13+/m0/s1. The van der Waals surface area contributed by atoms with Crippen molar-refractivity contribution >= 4 is 0 Å². The maximum atomic E-state index is 6.18. The van der Waals surface area contributed by atoms with E-state index in [1.165, 1.54) is 25.8 Å². The molecule has 1 aliphatic heterocycles. The summed E-state index contributed by atoms with van der Waals surface area (Å²) in [6, 6.07) is 0.594. The SMILES string of the molecule is CC(C)O[C@H]([C@@H]1CCCCN1C)C(C)(C)C. The molecule has 0 aromatic heterocycles. The Morgan fingerprint density at radius 3 is 2.25 bits per heavy atom. The molecule has 0 bridgehead atoms. The van der Waals surface area contributed by atoms with E-state index in [4.69, 9.17) is 4.74 Å². The molecule has 96 valence electrons. The molecule has 1 saturated heterocycles. The highest BCUT2D eigenvalue weighted by molar-refractivity contribution is 4.89. The number of hydrogen-bond donors (Lipinski definition) is 0.